The maximum Gasteiger partial charge on any atom is 0.212 e. The van der Waals surface area contributed by atoms with E-state index in [1.807, 2.05) is 24.3 Å². The molecule has 0 amide bonds. The minimum absolute atomic E-state index is 0.390. The third-order valence-corrected chi connectivity index (χ3v) is 13.7. The van der Waals surface area contributed by atoms with E-state index >= 15 is 0 Å². The summed E-state index contributed by atoms with van der Waals surface area (Å²) in [6, 6.07) is 87.2. The fourth-order valence-corrected chi connectivity index (χ4v) is 10.7. The second-order valence-electron chi connectivity index (χ2n) is 17.5. The smallest absolute Gasteiger partial charge is 0.212 e. The van der Waals surface area contributed by atoms with Gasteiger partial charge in [-0.15, -0.1) is 0 Å². The van der Waals surface area contributed by atoms with Crippen LogP contribution in [0.2, 0.25) is 0 Å². The molecule has 0 saturated heterocycles. The average molecular weight is 893 g/mol. The number of rotatable bonds is 8. The monoisotopic (exact) mass is 892 g/mol. The first kappa shape index (κ1) is 40.4. The van der Waals surface area contributed by atoms with Gasteiger partial charge in [-0.2, -0.15) is 5.26 Å². The highest BCUT2D eigenvalue weighted by Gasteiger charge is 2.25. The van der Waals surface area contributed by atoms with E-state index in [9.17, 15) is 5.26 Å². The Kier molecular flexibility index (Phi) is 9.50. The Hall–Kier alpha value is -9.88. The first-order valence-electron chi connectivity index (χ1n) is 23.4. The molecule has 70 heavy (non-hydrogen) atoms. The van der Waals surface area contributed by atoms with Crippen LogP contribution in [0.15, 0.2) is 243 Å². The molecule has 326 valence electrons. The number of aromatic nitrogens is 2. The Morgan fingerprint density at radius 3 is 1.16 bits per heavy atom. The third-order valence-electron chi connectivity index (χ3n) is 13.7. The molecule has 13 aromatic rings. The molecule has 0 aliphatic carbocycles. The summed E-state index contributed by atoms with van der Waals surface area (Å²) in [4.78, 5) is 8.74. The van der Waals surface area contributed by atoms with Crippen LogP contribution >= 0.6 is 0 Å². The van der Waals surface area contributed by atoms with E-state index in [2.05, 4.69) is 242 Å². The van der Waals surface area contributed by atoms with Gasteiger partial charge < -0.3 is 18.9 Å². The molecule has 0 spiro atoms. The average Bonchev–Trinajstić information content (AvgIpc) is 3.94. The topological polar surface area (TPSA) is 44.5 Å². The first-order valence-corrected chi connectivity index (χ1v) is 23.4. The molecular formula is C64H40N6. The third kappa shape index (κ3) is 6.40. The summed E-state index contributed by atoms with van der Waals surface area (Å²) in [6.45, 7) is 8.67. The molecule has 6 nitrogen and oxygen atoms in total. The maximum atomic E-state index is 11.1. The van der Waals surface area contributed by atoms with Crippen molar-refractivity contribution < 1.29 is 0 Å². The molecule has 2 aromatic heterocycles. The van der Waals surface area contributed by atoms with Gasteiger partial charge in [-0.3, -0.25) is 0 Å². The van der Waals surface area contributed by atoms with Gasteiger partial charge in [0.1, 0.15) is 0 Å². The van der Waals surface area contributed by atoms with E-state index in [0.717, 1.165) is 99.3 Å². The summed E-state index contributed by atoms with van der Waals surface area (Å²) >= 11 is 0. The summed E-state index contributed by atoms with van der Waals surface area (Å²) in [5.74, 6) is 0. The molecule has 11 aromatic carbocycles. The van der Waals surface area contributed by atoms with Crippen molar-refractivity contribution in [1.29, 1.82) is 5.26 Å². The van der Waals surface area contributed by atoms with Crippen LogP contribution in [0.4, 0.5) is 39.8 Å². The fraction of sp³-hybridized carbons (Fsp3) is 0. The second-order valence-corrected chi connectivity index (χ2v) is 17.5. The molecule has 0 aliphatic rings. The molecule has 13 rings (SSSR count). The molecule has 0 radical (unpaired) electrons. The van der Waals surface area contributed by atoms with Crippen molar-refractivity contribution in [2.75, 3.05) is 9.80 Å². The Balaban J connectivity index is 1.09. The van der Waals surface area contributed by atoms with Gasteiger partial charge in [0.15, 0.2) is 0 Å². The zero-order chi connectivity index (χ0) is 46.7. The van der Waals surface area contributed by atoms with E-state index in [0.29, 0.717) is 22.6 Å². The van der Waals surface area contributed by atoms with Gasteiger partial charge in [-0.25, -0.2) is 4.85 Å². The minimum Gasteiger partial charge on any atom is -0.319 e. The van der Waals surface area contributed by atoms with Crippen molar-refractivity contribution in [3.8, 4) is 17.4 Å². The zero-order valence-corrected chi connectivity index (χ0v) is 37.8. The van der Waals surface area contributed by atoms with Crippen LogP contribution in [-0.2, 0) is 0 Å². The summed E-state index contributed by atoms with van der Waals surface area (Å²) in [6.07, 6.45) is 0. The number of para-hydroxylation sites is 4. The maximum absolute atomic E-state index is 11.1. The molecule has 0 fully saturated rings. The number of hydrogen-bond donors (Lipinski definition) is 0. The van der Waals surface area contributed by atoms with Gasteiger partial charge in [0.25, 0.3) is 0 Å². The quantitative estimate of drug-likeness (QED) is 0.143. The van der Waals surface area contributed by atoms with Crippen LogP contribution in [0.1, 0.15) is 5.56 Å². The SMILES string of the molecule is [C-]#[N+]c1cc(C#N)c(-n2c3ccc(N(c4ccccc4)c4ccccc4)cc3c3c4ccccc4ccc32)cc1-n1c2ccc(N(c3ccccc3)c3ccccc3)cc2c2c3ccccc3ccc21. The highest BCUT2D eigenvalue weighted by Crippen LogP contribution is 2.46. The Morgan fingerprint density at radius 1 is 0.357 bits per heavy atom. The van der Waals surface area contributed by atoms with E-state index in [1.54, 1.807) is 6.07 Å². The van der Waals surface area contributed by atoms with Crippen LogP contribution in [0, 0.1) is 17.9 Å². The van der Waals surface area contributed by atoms with E-state index in [1.165, 1.54) is 0 Å². The Labute approximate surface area is 404 Å². The number of anilines is 6. The molecule has 0 atom stereocenters. The van der Waals surface area contributed by atoms with Gasteiger partial charge >= 0.3 is 0 Å². The highest BCUT2D eigenvalue weighted by atomic mass is 15.1. The molecule has 6 heteroatoms. The lowest BCUT2D eigenvalue weighted by atomic mass is 10.0. The summed E-state index contributed by atoms with van der Waals surface area (Å²) in [7, 11) is 0. The van der Waals surface area contributed by atoms with Crippen molar-refractivity contribution in [1.82, 2.24) is 9.13 Å². The lowest BCUT2D eigenvalue weighted by Crippen LogP contribution is -2.09. The van der Waals surface area contributed by atoms with Crippen molar-refractivity contribution in [2.24, 2.45) is 0 Å². The van der Waals surface area contributed by atoms with Gasteiger partial charge in [-0.05, 0) is 131 Å². The Bertz CT molecular complexity index is 3900. The van der Waals surface area contributed by atoms with Gasteiger partial charge in [0.2, 0.25) is 5.69 Å². The number of fused-ring (bicyclic) bond motifs is 10. The number of nitriles is 1. The molecule has 0 aliphatic heterocycles. The molecule has 0 bridgehead atoms. The summed E-state index contributed by atoms with van der Waals surface area (Å²) in [5, 5.41) is 19.9. The largest absolute Gasteiger partial charge is 0.319 e. The van der Waals surface area contributed by atoms with Crippen LogP contribution in [0.3, 0.4) is 0 Å². The zero-order valence-electron chi connectivity index (χ0n) is 37.8. The van der Waals surface area contributed by atoms with Crippen LogP contribution in [0.25, 0.3) is 81.4 Å². The Morgan fingerprint density at radius 2 is 0.743 bits per heavy atom. The van der Waals surface area contributed by atoms with Crippen LogP contribution < -0.4 is 9.80 Å². The minimum atomic E-state index is 0.390. The van der Waals surface area contributed by atoms with Gasteiger partial charge in [0.05, 0.1) is 51.6 Å². The molecule has 0 N–H and O–H groups in total. The van der Waals surface area contributed by atoms with Gasteiger partial charge in [0, 0.05) is 55.7 Å². The van der Waals surface area contributed by atoms with Crippen molar-refractivity contribution in [2.45, 2.75) is 0 Å². The fourth-order valence-electron chi connectivity index (χ4n) is 10.7. The predicted molar refractivity (Wildman–Crippen MR) is 290 cm³/mol. The van der Waals surface area contributed by atoms with E-state index in [-0.39, 0.29) is 0 Å². The standard InChI is InChI=1S/C64H40N6/c1-66-56-38-45(42-65)61(69-57-36-32-50(67(46-20-6-2-7-21-46)47-22-8-3-9-23-47)39-54(57)63-52-28-16-14-18-43(52)30-34-59(63)69)41-62(56)70-58-37-33-51(68(48-24-10-4-11-25-48)49-26-12-5-13-27-49)40-55(58)64-53-29-17-15-19-44(53)31-35-60(64)70/h2-41H. The molecule has 0 saturated carbocycles. The van der Waals surface area contributed by atoms with E-state index < -0.39 is 0 Å². The highest BCUT2D eigenvalue weighted by molar-refractivity contribution is 6.23. The first-order chi connectivity index (χ1) is 34.7. The van der Waals surface area contributed by atoms with E-state index in [4.69, 9.17) is 6.57 Å². The predicted octanol–water partition coefficient (Wildman–Crippen LogP) is 17.5. The molecular weight excluding hydrogens is 853 g/mol. The number of nitrogens with zero attached hydrogens (tertiary/aromatic N) is 6. The van der Waals surface area contributed by atoms with Crippen molar-refractivity contribution in [3.05, 3.63) is 260 Å². The lowest BCUT2D eigenvalue weighted by Gasteiger charge is -2.25. The number of benzene rings is 11. The summed E-state index contributed by atoms with van der Waals surface area (Å²) < 4.78 is 4.46. The summed E-state index contributed by atoms with van der Waals surface area (Å²) in [5.41, 5.74) is 12.3. The number of hydrogen-bond acceptors (Lipinski definition) is 3. The van der Waals surface area contributed by atoms with Crippen molar-refractivity contribution in [3.63, 3.8) is 0 Å². The van der Waals surface area contributed by atoms with Crippen LogP contribution in [-0.4, -0.2) is 9.13 Å². The lowest BCUT2D eigenvalue weighted by molar-refractivity contribution is 1.13. The van der Waals surface area contributed by atoms with Crippen LogP contribution in [0.5, 0.6) is 0 Å². The second kappa shape index (κ2) is 16.5. The molecule has 0 unspecified atom stereocenters. The van der Waals surface area contributed by atoms with Gasteiger partial charge in [-0.1, -0.05) is 133 Å². The van der Waals surface area contributed by atoms with Crippen molar-refractivity contribution >= 4 is 105 Å². The molecule has 2 heterocycles. The normalized spacial score (nSPS) is 11.4.